The van der Waals surface area contributed by atoms with E-state index in [1.54, 1.807) is 24.3 Å². The Hall–Kier alpha value is -4.05. The Morgan fingerprint density at radius 2 is 0.854 bits per heavy atom. The summed E-state index contributed by atoms with van der Waals surface area (Å²) in [6.07, 6.45) is 0. The van der Waals surface area contributed by atoms with E-state index in [1.807, 2.05) is 6.92 Å². The first-order chi connectivity index (χ1) is 19.3. The van der Waals surface area contributed by atoms with Crippen LogP contribution in [0.2, 0.25) is 0 Å². The van der Waals surface area contributed by atoms with Crippen LogP contribution in [0, 0.1) is 0 Å². The zero-order valence-electron chi connectivity index (χ0n) is 24.4. The predicted octanol–water partition coefficient (Wildman–Crippen LogP) is 5.20. The van der Waals surface area contributed by atoms with Crippen molar-refractivity contribution in [1.29, 1.82) is 0 Å². The lowest BCUT2D eigenvalue weighted by Gasteiger charge is -2.34. The zero-order chi connectivity index (χ0) is 30.6. The Labute approximate surface area is 239 Å². The Morgan fingerprint density at radius 1 is 0.561 bits per heavy atom. The van der Waals surface area contributed by atoms with Crippen molar-refractivity contribution in [3.8, 4) is 17.2 Å². The number of ether oxygens (including phenoxy) is 3. The largest absolute Gasteiger partial charge is 0.507 e. The first-order valence-electron chi connectivity index (χ1n) is 12.9. The average Bonchev–Trinajstić information content (AvgIpc) is 2.91. The summed E-state index contributed by atoms with van der Waals surface area (Å²) in [5, 5.41) is 32.6. The minimum absolute atomic E-state index is 0.00241. The Morgan fingerprint density at radius 3 is 1.20 bits per heavy atom. The second kappa shape index (κ2) is 12.6. The number of phenols is 3. The van der Waals surface area contributed by atoms with Crippen LogP contribution in [0.1, 0.15) is 92.1 Å². The molecule has 9 heteroatoms. The number of carbonyl (C=O) groups is 3. The van der Waals surface area contributed by atoms with E-state index in [4.69, 9.17) is 14.2 Å². The van der Waals surface area contributed by atoms with Gasteiger partial charge in [-0.3, -0.25) is 14.4 Å². The van der Waals surface area contributed by atoms with Crippen LogP contribution in [0.25, 0.3) is 0 Å². The molecular formula is C32H36O9. The number of hydrogen-bond acceptors (Lipinski definition) is 9. The maximum Gasteiger partial charge on any atom is 0.163 e. The Kier molecular flexibility index (Phi) is 9.70. The number of ketones is 3. The van der Waals surface area contributed by atoms with Crippen molar-refractivity contribution in [2.45, 2.75) is 52.9 Å². The third-order valence-corrected chi connectivity index (χ3v) is 7.34. The first kappa shape index (κ1) is 31.5. The fraction of sp³-hybridized carbons (Fsp3) is 0.344. The summed E-state index contributed by atoms with van der Waals surface area (Å²) < 4.78 is 16.0. The van der Waals surface area contributed by atoms with Crippen LogP contribution in [-0.4, -0.2) is 54.0 Å². The standard InChI is InChI=1S/C32H36O9/c1-17(33)26-11-24(10-22(16-41-7)30(26)37)32(4,23-8-20(14-39-5)29(36)21(9-23)15-40-6)25-12-27(18(2)34)31(38)28(13-25)19(3)35/h8-13,36-38H,14-16H2,1-7H3. The van der Waals surface area contributed by atoms with Crippen LogP contribution in [0.5, 0.6) is 17.2 Å². The highest BCUT2D eigenvalue weighted by Crippen LogP contribution is 2.45. The summed E-state index contributed by atoms with van der Waals surface area (Å²) in [5.41, 5.74) is 1.62. The summed E-state index contributed by atoms with van der Waals surface area (Å²) in [6.45, 7) is 5.90. The number of carbonyl (C=O) groups excluding carboxylic acids is 3. The highest BCUT2D eigenvalue weighted by Gasteiger charge is 2.36. The molecule has 0 saturated carbocycles. The van der Waals surface area contributed by atoms with Gasteiger partial charge in [-0.05, 0) is 80.8 Å². The van der Waals surface area contributed by atoms with E-state index in [0.29, 0.717) is 33.4 Å². The number of Topliss-reactive ketones (excluding diaryl/α,β-unsaturated/α-hetero) is 3. The molecule has 3 rings (SSSR count). The number of rotatable bonds is 12. The van der Waals surface area contributed by atoms with E-state index in [9.17, 15) is 29.7 Å². The number of hydrogen-bond donors (Lipinski definition) is 3. The molecule has 0 aromatic heterocycles. The Bertz CT molecular complexity index is 1440. The summed E-state index contributed by atoms with van der Waals surface area (Å²) >= 11 is 0. The molecule has 0 heterocycles. The van der Waals surface area contributed by atoms with Crippen LogP contribution in [0.3, 0.4) is 0 Å². The topological polar surface area (TPSA) is 140 Å². The number of phenolic OH excluding ortho intramolecular Hbond substituents is 3. The van der Waals surface area contributed by atoms with Crippen molar-refractivity contribution in [3.05, 3.63) is 86.5 Å². The maximum absolute atomic E-state index is 12.6. The maximum atomic E-state index is 12.6. The van der Waals surface area contributed by atoms with Gasteiger partial charge in [0.05, 0.1) is 36.5 Å². The van der Waals surface area contributed by atoms with E-state index in [0.717, 1.165) is 0 Å². The molecule has 0 bridgehead atoms. The first-order valence-corrected chi connectivity index (χ1v) is 12.9. The molecule has 1 unspecified atom stereocenters. The second-order valence-electron chi connectivity index (χ2n) is 10.2. The van der Waals surface area contributed by atoms with Gasteiger partial charge in [-0.25, -0.2) is 0 Å². The smallest absolute Gasteiger partial charge is 0.163 e. The van der Waals surface area contributed by atoms with Gasteiger partial charge in [0, 0.05) is 43.4 Å². The van der Waals surface area contributed by atoms with Crippen molar-refractivity contribution >= 4 is 17.3 Å². The fourth-order valence-corrected chi connectivity index (χ4v) is 5.06. The average molecular weight is 565 g/mol. The molecule has 9 nitrogen and oxygen atoms in total. The molecule has 0 aliphatic rings. The molecule has 3 aromatic carbocycles. The third kappa shape index (κ3) is 6.02. The molecule has 0 fully saturated rings. The van der Waals surface area contributed by atoms with Crippen molar-refractivity contribution in [2.24, 2.45) is 0 Å². The van der Waals surface area contributed by atoms with Gasteiger partial charge in [0.1, 0.15) is 17.2 Å². The Balaban J connectivity index is 2.59. The number of benzene rings is 3. The molecule has 3 N–H and O–H groups in total. The molecule has 3 aromatic rings. The monoisotopic (exact) mass is 564 g/mol. The molecule has 0 radical (unpaired) electrons. The van der Waals surface area contributed by atoms with Gasteiger partial charge in [0.15, 0.2) is 17.3 Å². The van der Waals surface area contributed by atoms with Crippen molar-refractivity contribution in [1.82, 2.24) is 0 Å². The highest BCUT2D eigenvalue weighted by molar-refractivity contribution is 6.04. The molecule has 41 heavy (non-hydrogen) atoms. The van der Waals surface area contributed by atoms with Crippen LogP contribution in [-0.2, 0) is 39.4 Å². The molecule has 0 spiro atoms. The predicted molar refractivity (Wildman–Crippen MR) is 152 cm³/mol. The van der Waals surface area contributed by atoms with Gasteiger partial charge in [0.25, 0.3) is 0 Å². The van der Waals surface area contributed by atoms with Gasteiger partial charge < -0.3 is 29.5 Å². The lowest BCUT2D eigenvalue weighted by atomic mass is 9.68. The molecule has 0 aliphatic heterocycles. The molecule has 218 valence electrons. The molecule has 0 amide bonds. The lowest BCUT2D eigenvalue weighted by molar-refractivity contribution is 0.0997. The lowest BCUT2D eigenvalue weighted by Crippen LogP contribution is -2.28. The van der Waals surface area contributed by atoms with Crippen LogP contribution >= 0.6 is 0 Å². The molecular weight excluding hydrogens is 528 g/mol. The van der Waals surface area contributed by atoms with E-state index in [1.165, 1.54) is 54.2 Å². The summed E-state index contributed by atoms with van der Waals surface area (Å²) in [5.74, 6) is -1.91. The number of aromatic hydroxyl groups is 3. The minimum Gasteiger partial charge on any atom is -0.507 e. The van der Waals surface area contributed by atoms with Crippen molar-refractivity contribution in [2.75, 3.05) is 21.3 Å². The SMILES string of the molecule is COCc1cc(C(C)(c2cc(COC)c(O)c(C(C)=O)c2)c2cc(C(C)=O)c(O)c(C(C)=O)c2)cc(COC)c1O. The van der Waals surface area contributed by atoms with Crippen LogP contribution in [0.15, 0.2) is 36.4 Å². The van der Waals surface area contributed by atoms with E-state index in [-0.39, 0.29) is 53.8 Å². The van der Waals surface area contributed by atoms with E-state index in [2.05, 4.69) is 0 Å². The van der Waals surface area contributed by atoms with E-state index < -0.39 is 22.7 Å². The van der Waals surface area contributed by atoms with Crippen LogP contribution in [0.4, 0.5) is 0 Å². The highest BCUT2D eigenvalue weighted by atomic mass is 16.5. The van der Waals surface area contributed by atoms with Crippen molar-refractivity contribution < 1.29 is 43.9 Å². The number of methoxy groups -OCH3 is 3. The molecule has 0 aliphatic carbocycles. The molecule has 1 atom stereocenters. The summed E-state index contributed by atoms with van der Waals surface area (Å²) in [4.78, 5) is 37.9. The van der Waals surface area contributed by atoms with Gasteiger partial charge in [0.2, 0.25) is 0 Å². The quantitative estimate of drug-likeness (QED) is 0.200. The van der Waals surface area contributed by atoms with Crippen LogP contribution < -0.4 is 0 Å². The van der Waals surface area contributed by atoms with Gasteiger partial charge >= 0.3 is 0 Å². The summed E-state index contributed by atoms with van der Waals surface area (Å²) in [7, 11) is 4.45. The zero-order valence-corrected chi connectivity index (χ0v) is 24.4. The minimum atomic E-state index is -1.21. The molecule has 0 saturated heterocycles. The summed E-state index contributed by atoms with van der Waals surface area (Å²) in [6, 6.07) is 9.75. The second-order valence-corrected chi connectivity index (χ2v) is 10.2. The van der Waals surface area contributed by atoms with Crippen molar-refractivity contribution in [3.63, 3.8) is 0 Å². The van der Waals surface area contributed by atoms with Gasteiger partial charge in [-0.1, -0.05) is 0 Å². The van der Waals surface area contributed by atoms with Gasteiger partial charge in [-0.15, -0.1) is 0 Å². The van der Waals surface area contributed by atoms with Gasteiger partial charge in [-0.2, -0.15) is 0 Å². The van der Waals surface area contributed by atoms with E-state index >= 15 is 0 Å². The fourth-order valence-electron chi connectivity index (χ4n) is 5.06. The normalized spacial score (nSPS) is 12.7. The third-order valence-electron chi connectivity index (χ3n) is 7.34.